The van der Waals surface area contributed by atoms with Crippen LogP contribution in [0.15, 0.2) is 18.3 Å². The zero-order valence-corrected chi connectivity index (χ0v) is 9.13. The number of carboxylic acids is 1. The molecule has 0 bridgehead atoms. The van der Waals surface area contributed by atoms with Crippen molar-refractivity contribution in [2.75, 3.05) is 24.5 Å². The molecule has 1 aliphatic rings. The summed E-state index contributed by atoms with van der Waals surface area (Å²) in [6.45, 7) is 1.57. The van der Waals surface area contributed by atoms with Gasteiger partial charge in [0, 0.05) is 25.8 Å². The minimum Gasteiger partial charge on any atom is -0.480 e. The van der Waals surface area contributed by atoms with Crippen molar-refractivity contribution in [3.05, 3.63) is 23.9 Å². The van der Waals surface area contributed by atoms with Crippen LogP contribution in [0.4, 0.5) is 5.82 Å². The minimum atomic E-state index is -0.910. The van der Waals surface area contributed by atoms with Gasteiger partial charge in [0.25, 0.3) is 0 Å². The second kappa shape index (κ2) is 4.80. The van der Waals surface area contributed by atoms with E-state index in [-0.39, 0.29) is 0 Å². The Balaban J connectivity index is 2.36. The van der Waals surface area contributed by atoms with Crippen LogP contribution in [0.2, 0.25) is 0 Å². The summed E-state index contributed by atoms with van der Waals surface area (Å²) in [7, 11) is 0. The minimum absolute atomic E-state index is 0.358. The van der Waals surface area contributed by atoms with Crippen LogP contribution in [0.3, 0.4) is 0 Å². The average molecular weight is 232 g/mol. The van der Waals surface area contributed by atoms with E-state index in [1.54, 1.807) is 23.2 Å². The Morgan fingerprint density at radius 2 is 2.53 bits per heavy atom. The molecule has 1 aromatic rings. The Bertz CT molecular complexity index is 469. The number of pyridine rings is 1. The van der Waals surface area contributed by atoms with E-state index in [1.165, 1.54) is 0 Å². The molecule has 1 atom stereocenters. The molecule has 0 aromatic carbocycles. The molecular formula is C11H12N4O2. The van der Waals surface area contributed by atoms with E-state index < -0.39 is 12.0 Å². The summed E-state index contributed by atoms with van der Waals surface area (Å²) in [5.74, 6) is -0.462. The first-order valence-electron chi connectivity index (χ1n) is 5.29. The number of aromatic nitrogens is 1. The Morgan fingerprint density at radius 1 is 1.71 bits per heavy atom. The molecule has 1 aromatic heterocycles. The number of hydrogen-bond donors (Lipinski definition) is 2. The number of nitriles is 1. The Morgan fingerprint density at radius 3 is 3.24 bits per heavy atom. The Kier molecular flexibility index (Phi) is 3.21. The summed E-state index contributed by atoms with van der Waals surface area (Å²) < 4.78 is 0. The van der Waals surface area contributed by atoms with Gasteiger partial charge in [-0.2, -0.15) is 5.26 Å². The van der Waals surface area contributed by atoms with Crippen LogP contribution in [-0.4, -0.2) is 41.7 Å². The second-order valence-corrected chi connectivity index (χ2v) is 3.74. The van der Waals surface area contributed by atoms with Crippen molar-refractivity contribution >= 4 is 11.8 Å². The van der Waals surface area contributed by atoms with Crippen LogP contribution in [0.5, 0.6) is 0 Å². The summed E-state index contributed by atoms with van der Waals surface area (Å²) in [5, 5.41) is 21.2. The van der Waals surface area contributed by atoms with E-state index in [1.807, 2.05) is 6.07 Å². The number of nitrogens with zero attached hydrogens (tertiary/aromatic N) is 3. The summed E-state index contributed by atoms with van der Waals surface area (Å²) in [6.07, 6.45) is 1.57. The molecule has 0 spiro atoms. The van der Waals surface area contributed by atoms with E-state index in [0.29, 0.717) is 31.0 Å². The van der Waals surface area contributed by atoms with E-state index in [2.05, 4.69) is 10.3 Å². The first-order valence-corrected chi connectivity index (χ1v) is 5.29. The number of piperazine rings is 1. The van der Waals surface area contributed by atoms with E-state index in [0.717, 1.165) is 0 Å². The lowest BCUT2D eigenvalue weighted by Crippen LogP contribution is -2.55. The molecule has 1 saturated heterocycles. The molecule has 2 heterocycles. The number of hydrogen-bond acceptors (Lipinski definition) is 5. The lowest BCUT2D eigenvalue weighted by molar-refractivity contribution is -0.138. The standard InChI is InChI=1S/C11H12N4O2/c12-6-8-2-1-3-14-10(8)15-5-4-13-7-9(15)11(16)17/h1-3,9,13H,4-5,7H2,(H,16,17). The summed E-state index contributed by atoms with van der Waals surface area (Å²) in [6, 6.07) is 4.67. The number of aliphatic carboxylic acids is 1. The van der Waals surface area contributed by atoms with Crippen LogP contribution < -0.4 is 10.2 Å². The zero-order valence-electron chi connectivity index (χ0n) is 9.13. The smallest absolute Gasteiger partial charge is 0.327 e. The lowest BCUT2D eigenvalue weighted by atomic mass is 10.1. The van der Waals surface area contributed by atoms with E-state index in [4.69, 9.17) is 10.4 Å². The van der Waals surface area contributed by atoms with Crippen molar-refractivity contribution in [1.29, 1.82) is 5.26 Å². The monoisotopic (exact) mass is 232 g/mol. The molecule has 0 saturated carbocycles. The maximum absolute atomic E-state index is 11.1. The highest BCUT2D eigenvalue weighted by atomic mass is 16.4. The maximum atomic E-state index is 11.1. The van der Waals surface area contributed by atoms with Gasteiger partial charge >= 0.3 is 5.97 Å². The van der Waals surface area contributed by atoms with Gasteiger partial charge in [-0.05, 0) is 12.1 Å². The fourth-order valence-corrected chi connectivity index (χ4v) is 1.89. The quantitative estimate of drug-likeness (QED) is 0.735. The normalized spacial score (nSPS) is 19.7. The second-order valence-electron chi connectivity index (χ2n) is 3.74. The van der Waals surface area contributed by atoms with Crippen LogP contribution in [-0.2, 0) is 4.79 Å². The molecule has 1 unspecified atom stereocenters. The molecule has 6 heteroatoms. The summed E-state index contributed by atoms with van der Waals surface area (Å²) >= 11 is 0. The van der Waals surface area contributed by atoms with Crippen molar-refractivity contribution in [3.8, 4) is 6.07 Å². The van der Waals surface area contributed by atoms with Crippen molar-refractivity contribution in [1.82, 2.24) is 10.3 Å². The van der Waals surface area contributed by atoms with Crippen LogP contribution >= 0.6 is 0 Å². The fourth-order valence-electron chi connectivity index (χ4n) is 1.89. The van der Waals surface area contributed by atoms with Gasteiger partial charge in [0.1, 0.15) is 17.9 Å². The molecule has 0 aliphatic carbocycles. The molecule has 2 rings (SSSR count). The predicted octanol–water partition coefficient (Wildman–Crippen LogP) is -0.184. The number of anilines is 1. The van der Waals surface area contributed by atoms with Crippen molar-refractivity contribution in [2.45, 2.75) is 6.04 Å². The van der Waals surface area contributed by atoms with E-state index in [9.17, 15) is 4.79 Å². The Labute approximate surface area is 98.5 Å². The third-order valence-electron chi connectivity index (χ3n) is 2.71. The third kappa shape index (κ3) is 2.19. The van der Waals surface area contributed by atoms with E-state index >= 15 is 0 Å². The molecule has 2 N–H and O–H groups in total. The topological polar surface area (TPSA) is 89.3 Å². The highest BCUT2D eigenvalue weighted by molar-refractivity contribution is 5.79. The molecule has 17 heavy (non-hydrogen) atoms. The first kappa shape index (κ1) is 11.4. The molecule has 0 amide bonds. The molecule has 88 valence electrons. The van der Waals surface area contributed by atoms with Gasteiger partial charge < -0.3 is 15.3 Å². The first-order chi connectivity index (χ1) is 8.24. The van der Waals surface area contributed by atoms with Gasteiger partial charge in [-0.1, -0.05) is 0 Å². The van der Waals surface area contributed by atoms with Crippen molar-refractivity contribution in [3.63, 3.8) is 0 Å². The molecule has 1 aliphatic heterocycles. The number of carboxylic acid groups (broad SMARTS) is 1. The van der Waals surface area contributed by atoms with Gasteiger partial charge in [0.2, 0.25) is 0 Å². The SMILES string of the molecule is N#Cc1cccnc1N1CCNCC1C(=O)O. The van der Waals surface area contributed by atoms with Gasteiger partial charge in [-0.15, -0.1) is 0 Å². The van der Waals surface area contributed by atoms with Crippen LogP contribution in [0.25, 0.3) is 0 Å². The highest BCUT2D eigenvalue weighted by Crippen LogP contribution is 2.19. The van der Waals surface area contributed by atoms with Crippen LogP contribution in [0, 0.1) is 11.3 Å². The largest absolute Gasteiger partial charge is 0.480 e. The highest BCUT2D eigenvalue weighted by Gasteiger charge is 2.30. The number of rotatable bonds is 2. The summed E-state index contributed by atoms with van der Waals surface area (Å²) in [5.41, 5.74) is 0.403. The molecule has 1 fully saturated rings. The molecular weight excluding hydrogens is 220 g/mol. The summed E-state index contributed by atoms with van der Waals surface area (Å²) in [4.78, 5) is 16.9. The van der Waals surface area contributed by atoms with Crippen LogP contribution in [0.1, 0.15) is 5.56 Å². The van der Waals surface area contributed by atoms with Gasteiger partial charge in [-0.3, -0.25) is 0 Å². The molecule has 0 radical (unpaired) electrons. The van der Waals surface area contributed by atoms with Gasteiger partial charge in [0.05, 0.1) is 5.56 Å². The zero-order chi connectivity index (χ0) is 12.3. The van der Waals surface area contributed by atoms with Gasteiger partial charge in [0.15, 0.2) is 0 Å². The van der Waals surface area contributed by atoms with Crippen molar-refractivity contribution < 1.29 is 9.90 Å². The van der Waals surface area contributed by atoms with Crippen molar-refractivity contribution in [2.24, 2.45) is 0 Å². The average Bonchev–Trinajstić information content (AvgIpc) is 2.38. The molecule has 6 nitrogen and oxygen atoms in total. The third-order valence-corrected chi connectivity index (χ3v) is 2.71. The van der Waals surface area contributed by atoms with Gasteiger partial charge in [-0.25, -0.2) is 9.78 Å². The predicted molar refractivity (Wildman–Crippen MR) is 60.6 cm³/mol. The number of carbonyl (C=O) groups is 1. The lowest BCUT2D eigenvalue weighted by Gasteiger charge is -2.34. The maximum Gasteiger partial charge on any atom is 0.327 e. The fraction of sp³-hybridized carbons (Fsp3) is 0.364. The Hall–Kier alpha value is -2.13. The number of nitrogens with one attached hydrogen (secondary N) is 1.